The first kappa shape index (κ1) is 14.6. The number of aromatic nitrogens is 2. The lowest BCUT2D eigenvalue weighted by Crippen LogP contribution is -2.40. The number of likely N-dealkylation sites (tertiary alicyclic amines) is 1. The Balaban J connectivity index is 1.82. The second kappa shape index (κ2) is 5.81. The minimum Gasteiger partial charge on any atom is -0.480 e. The smallest absolute Gasteiger partial charge is 0.326 e. The van der Waals surface area contributed by atoms with Gasteiger partial charge in [0.25, 0.3) is 5.91 Å². The molecule has 0 aliphatic carbocycles. The third kappa shape index (κ3) is 2.69. The SMILES string of the molecule is O=C(O)[C@@H]1CCCN1C(=O)c1cc(-c2ccc(Cl)cc2)n[nH]1. The van der Waals surface area contributed by atoms with Crippen LogP contribution in [-0.2, 0) is 4.79 Å². The first-order chi connectivity index (χ1) is 10.6. The van der Waals surface area contributed by atoms with E-state index in [0.717, 1.165) is 5.56 Å². The van der Waals surface area contributed by atoms with Crippen molar-refractivity contribution >= 4 is 23.5 Å². The molecule has 1 aliphatic rings. The van der Waals surface area contributed by atoms with Gasteiger partial charge in [-0.15, -0.1) is 0 Å². The summed E-state index contributed by atoms with van der Waals surface area (Å²) in [5.41, 5.74) is 1.74. The van der Waals surface area contributed by atoms with E-state index in [0.29, 0.717) is 30.1 Å². The lowest BCUT2D eigenvalue weighted by molar-refractivity contribution is -0.141. The molecule has 22 heavy (non-hydrogen) atoms. The van der Waals surface area contributed by atoms with Gasteiger partial charge in [-0.05, 0) is 31.0 Å². The largest absolute Gasteiger partial charge is 0.480 e. The Bertz CT molecular complexity index is 711. The third-order valence-corrected chi connectivity index (χ3v) is 4.00. The molecule has 2 aromatic rings. The molecule has 1 aliphatic heterocycles. The zero-order valence-electron chi connectivity index (χ0n) is 11.6. The highest BCUT2D eigenvalue weighted by Crippen LogP contribution is 2.23. The number of benzene rings is 1. The number of halogens is 1. The van der Waals surface area contributed by atoms with Crippen LogP contribution >= 0.6 is 11.6 Å². The number of nitrogens with one attached hydrogen (secondary N) is 1. The van der Waals surface area contributed by atoms with E-state index < -0.39 is 12.0 Å². The maximum atomic E-state index is 12.4. The molecule has 1 aromatic carbocycles. The van der Waals surface area contributed by atoms with E-state index in [2.05, 4.69) is 10.2 Å². The number of hydrogen-bond donors (Lipinski definition) is 2. The number of carboxylic acid groups (broad SMARTS) is 1. The van der Waals surface area contributed by atoms with Crippen LogP contribution in [0.15, 0.2) is 30.3 Å². The monoisotopic (exact) mass is 319 g/mol. The standard InChI is InChI=1S/C15H14ClN3O3/c16-10-5-3-9(4-6-10)11-8-12(18-17-11)14(20)19-7-1-2-13(19)15(21)22/h3-6,8,13H,1-2,7H2,(H,17,18)(H,21,22)/t13-/m0/s1. The van der Waals surface area contributed by atoms with E-state index in [1.54, 1.807) is 18.2 Å². The molecule has 3 rings (SSSR count). The van der Waals surface area contributed by atoms with Gasteiger partial charge in [-0.3, -0.25) is 9.89 Å². The fourth-order valence-electron chi connectivity index (χ4n) is 2.62. The predicted octanol–water partition coefficient (Wildman–Crippen LogP) is 2.42. The van der Waals surface area contributed by atoms with Crippen LogP contribution in [-0.4, -0.2) is 44.7 Å². The fraction of sp³-hybridized carbons (Fsp3) is 0.267. The van der Waals surface area contributed by atoms with E-state index in [4.69, 9.17) is 16.7 Å². The molecular formula is C15H14ClN3O3. The molecule has 2 heterocycles. The van der Waals surface area contributed by atoms with Crippen LogP contribution in [0.3, 0.4) is 0 Å². The molecule has 0 unspecified atom stereocenters. The number of carboxylic acids is 1. The molecule has 7 heteroatoms. The minimum atomic E-state index is -0.969. The summed E-state index contributed by atoms with van der Waals surface area (Å²) in [5.74, 6) is -1.30. The Hall–Kier alpha value is -2.34. The van der Waals surface area contributed by atoms with Crippen molar-refractivity contribution in [3.05, 3.63) is 41.0 Å². The fourth-order valence-corrected chi connectivity index (χ4v) is 2.75. The zero-order chi connectivity index (χ0) is 15.7. The summed E-state index contributed by atoms with van der Waals surface area (Å²) in [6.07, 6.45) is 1.18. The van der Waals surface area contributed by atoms with E-state index in [1.165, 1.54) is 4.90 Å². The zero-order valence-corrected chi connectivity index (χ0v) is 12.4. The van der Waals surface area contributed by atoms with Gasteiger partial charge in [0.15, 0.2) is 0 Å². The van der Waals surface area contributed by atoms with Crippen molar-refractivity contribution in [3.63, 3.8) is 0 Å². The highest BCUT2D eigenvalue weighted by molar-refractivity contribution is 6.30. The quantitative estimate of drug-likeness (QED) is 0.909. The van der Waals surface area contributed by atoms with Crippen LogP contribution in [0.2, 0.25) is 5.02 Å². The molecule has 1 aromatic heterocycles. The van der Waals surface area contributed by atoms with Gasteiger partial charge in [0, 0.05) is 17.1 Å². The second-order valence-electron chi connectivity index (χ2n) is 5.17. The van der Waals surface area contributed by atoms with E-state index in [-0.39, 0.29) is 11.6 Å². The predicted molar refractivity (Wildman–Crippen MR) is 80.7 cm³/mol. The summed E-state index contributed by atoms with van der Waals surface area (Å²) in [6, 6.07) is 7.98. The molecule has 1 amide bonds. The lowest BCUT2D eigenvalue weighted by Gasteiger charge is -2.20. The Morgan fingerprint density at radius 2 is 2.05 bits per heavy atom. The van der Waals surface area contributed by atoms with Crippen LogP contribution in [0.1, 0.15) is 23.3 Å². The Kier molecular flexibility index (Phi) is 3.85. The molecule has 0 radical (unpaired) electrons. The maximum Gasteiger partial charge on any atom is 0.326 e. The summed E-state index contributed by atoms with van der Waals surface area (Å²) >= 11 is 5.84. The Morgan fingerprint density at radius 3 is 2.73 bits per heavy atom. The number of nitrogens with zero attached hydrogens (tertiary/aromatic N) is 2. The molecule has 0 saturated carbocycles. The van der Waals surface area contributed by atoms with Crippen molar-refractivity contribution < 1.29 is 14.7 Å². The summed E-state index contributed by atoms with van der Waals surface area (Å²) in [7, 11) is 0. The van der Waals surface area contributed by atoms with Gasteiger partial charge >= 0.3 is 5.97 Å². The molecule has 6 nitrogen and oxygen atoms in total. The van der Waals surface area contributed by atoms with Crippen molar-refractivity contribution in [1.82, 2.24) is 15.1 Å². The van der Waals surface area contributed by atoms with Crippen LogP contribution in [0.4, 0.5) is 0 Å². The van der Waals surface area contributed by atoms with Gasteiger partial charge in [0.05, 0.1) is 5.69 Å². The molecular weight excluding hydrogens is 306 g/mol. The number of hydrogen-bond acceptors (Lipinski definition) is 3. The second-order valence-corrected chi connectivity index (χ2v) is 5.60. The van der Waals surface area contributed by atoms with Crippen molar-refractivity contribution in [2.24, 2.45) is 0 Å². The maximum absolute atomic E-state index is 12.4. The molecule has 1 atom stereocenters. The van der Waals surface area contributed by atoms with E-state index in [9.17, 15) is 9.59 Å². The van der Waals surface area contributed by atoms with Crippen LogP contribution in [0, 0.1) is 0 Å². The van der Waals surface area contributed by atoms with E-state index >= 15 is 0 Å². The van der Waals surface area contributed by atoms with Crippen molar-refractivity contribution in [2.75, 3.05) is 6.54 Å². The van der Waals surface area contributed by atoms with E-state index in [1.807, 2.05) is 12.1 Å². The van der Waals surface area contributed by atoms with Gasteiger partial charge in [-0.25, -0.2) is 4.79 Å². The summed E-state index contributed by atoms with van der Waals surface area (Å²) in [5, 5.41) is 16.6. The van der Waals surface area contributed by atoms with Crippen LogP contribution < -0.4 is 0 Å². The van der Waals surface area contributed by atoms with Crippen molar-refractivity contribution in [3.8, 4) is 11.3 Å². The number of carbonyl (C=O) groups is 2. The molecule has 1 saturated heterocycles. The Morgan fingerprint density at radius 1 is 1.32 bits per heavy atom. The van der Waals surface area contributed by atoms with Crippen LogP contribution in [0.25, 0.3) is 11.3 Å². The third-order valence-electron chi connectivity index (χ3n) is 3.75. The van der Waals surface area contributed by atoms with Gasteiger partial charge in [0.2, 0.25) is 0 Å². The van der Waals surface area contributed by atoms with Gasteiger partial charge in [0.1, 0.15) is 11.7 Å². The number of aliphatic carboxylic acids is 1. The normalized spacial score (nSPS) is 17.7. The average Bonchev–Trinajstić information content (AvgIpc) is 3.17. The first-order valence-electron chi connectivity index (χ1n) is 6.91. The molecule has 1 fully saturated rings. The summed E-state index contributed by atoms with van der Waals surface area (Å²) in [6.45, 7) is 0.450. The highest BCUT2D eigenvalue weighted by Gasteiger charge is 2.35. The topological polar surface area (TPSA) is 86.3 Å². The highest BCUT2D eigenvalue weighted by atomic mass is 35.5. The first-order valence-corrected chi connectivity index (χ1v) is 7.29. The summed E-state index contributed by atoms with van der Waals surface area (Å²) in [4.78, 5) is 25.0. The lowest BCUT2D eigenvalue weighted by atomic mass is 10.1. The summed E-state index contributed by atoms with van der Waals surface area (Å²) < 4.78 is 0. The Labute approximate surface area is 131 Å². The number of rotatable bonds is 3. The number of carbonyl (C=O) groups excluding carboxylic acids is 1. The molecule has 2 N–H and O–H groups in total. The average molecular weight is 320 g/mol. The molecule has 114 valence electrons. The van der Waals surface area contributed by atoms with Crippen molar-refractivity contribution in [2.45, 2.75) is 18.9 Å². The van der Waals surface area contributed by atoms with Crippen molar-refractivity contribution in [1.29, 1.82) is 0 Å². The molecule has 0 spiro atoms. The van der Waals surface area contributed by atoms with Gasteiger partial charge < -0.3 is 10.0 Å². The number of aromatic amines is 1. The molecule has 0 bridgehead atoms. The number of H-pyrrole nitrogens is 1. The number of amides is 1. The van der Waals surface area contributed by atoms with Gasteiger partial charge in [-0.2, -0.15) is 5.10 Å². The van der Waals surface area contributed by atoms with Gasteiger partial charge in [-0.1, -0.05) is 23.7 Å². The minimum absolute atomic E-state index is 0.290. The van der Waals surface area contributed by atoms with Crippen LogP contribution in [0.5, 0.6) is 0 Å².